The molecule has 6 nitrogen and oxygen atoms in total. The maximum Gasteiger partial charge on any atom is 0.270 e. The standard InChI is InChI=1S/C88H94N4O2S6/c1-7-11-15-19-21-23-25-27-29-31-39-59-51-77(97-75(59)53-67-81(71(57-89)91-5)63-43-35-37-45-65(63)85(67)93)79-55-69-83(73-49-47-61(95-73)41-33-17-13-9-3)88-70(84(87(69)99-79)74-50-48-62(96-74)42-34-18-14-10-4)56-80(100-88)78-52-60(40-32-30-28-26-24-22-20-16-12-8-2)76(98-78)54-68-82(72(58-90)92-6)64-44-36-38-46-66(64)86(68)94/h35-38,43-56H,7-34,39-42H2,1-4H3/b67-53?,68-54?,81-71-,82-72+. The molecular formula is C88H94N4O2S6. The number of hydrogen-bond donors (Lipinski definition) is 0. The fraction of sp³-hybridized carbons (Fsp3) is 0.409. The minimum Gasteiger partial charge on any atom is -0.289 e. The number of carbonyl (C=O) groups is 2. The molecule has 0 atom stereocenters. The molecule has 0 aliphatic heterocycles. The molecule has 0 amide bonds. The van der Waals surface area contributed by atoms with E-state index in [-0.39, 0.29) is 23.0 Å². The van der Waals surface area contributed by atoms with Crippen LogP contribution < -0.4 is 0 Å². The number of nitriles is 2. The highest BCUT2D eigenvalue weighted by molar-refractivity contribution is 7.29. The minimum absolute atomic E-state index is 0.0618. The third kappa shape index (κ3) is 17.4. The number of allylic oxidation sites excluding steroid dienone is 6. The highest BCUT2D eigenvalue weighted by Crippen LogP contribution is 2.56. The summed E-state index contributed by atoms with van der Waals surface area (Å²) in [5, 5.41) is 23.3. The molecule has 0 bridgehead atoms. The number of thiophene rings is 6. The normalized spacial score (nSPS) is 14.6. The fourth-order valence-corrected chi connectivity index (χ4v) is 21.8. The molecule has 9 aromatic rings. The average Bonchev–Trinajstić information content (AvgIpc) is 1.56. The van der Waals surface area contributed by atoms with Crippen molar-refractivity contribution in [3.8, 4) is 52.5 Å². The Morgan fingerprint density at radius 2 is 0.700 bits per heavy atom. The lowest BCUT2D eigenvalue weighted by Gasteiger charge is -2.09. The number of hydrogen-bond acceptors (Lipinski definition) is 10. The fourth-order valence-electron chi connectivity index (χ4n) is 14.5. The maximum atomic E-state index is 14.6. The third-order valence-electron chi connectivity index (χ3n) is 20.0. The van der Waals surface area contributed by atoms with Gasteiger partial charge < -0.3 is 0 Å². The van der Waals surface area contributed by atoms with Gasteiger partial charge in [-0.25, -0.2) is 20.2 Å². The van der Waals surface area contributed by atoms with Crippen LogP contribution in [0.1, 0.15) is 270 Å². The van der Waals surface area contributed by atoms with E-state index in [4.69, 9.17) is 13.1 Å². The van der Waals surface area contributed by atoms with E-state index in [0.29, 0.717) is 44.5 Å². The molecular weight excluding hydrogens is 1340 g/mol. The first-order valence-corrected chi connectivity index (χ1v) is 42.3. The molecule has 0 fully saturated rings. The van der Waals surface area contributed by atoms with Gasteiger partial charge in [0.25, 0.3) is 11.4 Å². The molecule has 6 heterocycles. The van der Waals surface area contributed by atoms with E-state index in [9.17, 15) is 20.1 Å². The molecule has 0 spiro atoms. The molecule has 100 heavy (non-hydrogen) atoms. The first kappa shape index (κ1) is 73.8. The van der Waals surface area contributed by atoms with Crippen molar-refractivity contribution >= 4 is 123 Å². The molecule has 0 radical (unpaired) electrons. The summed E-state index contributed by atoms with van der Waals surface area (Å²) in [7, 11) is 0. The maximum absolute atomic E-state index is 14.6. The molecule has 0 unspecified atom stereocenters. The van der Waals surface area contributed by atoms with Crippen LogP contribution in [-0.2, 0) is 25.7 Å². The van der Waals surface area contributed by atoms with Gasteiger partial charge in [0.2, 0.25) is 0 Å². The Morgan fingerprint density at radius 3 is 1.05 bits per heavy atom. The van der Waals surface area contributed by atoms with Crippen molar-refractivity contribution in [2.75, 3.05) is 0 Å². The van der Waals surface area contributed by atoms with Gasteiger partial charge in [0.1, 0.15) is 0 Å². The molecule has 12 heteroatoms. The van der Waals surface area contributed by atoms with Crippen molar-refractivity contribution in [1.29, 1.82) is 10.5 Å². The van der Waals surface area contributed by atoms with Crippen LogP contribution in [0.2, 0.25) is 0 Å². The lowest BCUT2D eigenvalue weighted by Crippen LogP contribution is -1.96. The summed E-state index contributed by atoms with van der Waals surface area (Å²) in [5.74, 6) is -0.293. The van der Waals surface area contributed by atoms with Crippen LogP contribution in [0, 0.1) is 35.8 Å². The van der Waals surface area contributed by atoms with Crippen molar-refractivity contribution in [3.63, 3.8) is 0 Å². The van der Waals surface area contributed by atoms with E-state index >= 15 is 0 Å². The van der Waals surface area contributed by atoms with Crippen molar-refractivity contribution in [2.24, 2.45) is 0 Å². The molecule has 2 aliphatic rings. The molecule has 0 saturated heterocycles. The summed E-state index contributed by atoms with van der Waals surface area (Å²) in [6.07, 6.45) is 42.2. The highest BCUT2D eigenvalue weighted by atomic mass is 32.1. The monoisotopic (exact) mass is 1430 g/mol. The van der Waals surface area contributed by atoms with E-state index < -0.39 is 0 Å². The van der Waals surface area contributed by atoms with Gasteiger partial charge in [-0.15, -0.1) is 68.0 Å². The van der Waals surface area contributed by atoms with Gasteiger partial charge >= 0.3 is 0 Å². The summed E-state index contributed by atoms with van der Waals surface area (Å²) in [4.78, 5) is 48.6. The van der Waals surface area contributed by atoms with E-state index in [1.165, 1.54) is 213 Å². The number of aryl methyl sites for hydroxylation is 4. The summed E-state index contributed by atoms with van der Waals surface area (Å²) >= 11 is 11.1. The van der Waals surface area contributed by atoms with Crippen molar-refractivity contribution in [3.05, 3.63) is 195 Å². The molecule has 2 aliphatic carbocycles. The Morgan fingerprint density at radius 1 is 0.380 bits per heavy atom. The number of Topliss-reactive ketones (excluding diaryl/α,β-unsaturated/α-hetero) is 2. The van der Waals surface area contributed by atoms with Crippen LogP contribution in [0.4, 0.5) is 0 Å². The molecule has 514 valence electrons. The highest BCUT2D eigenvalue weighted by Gasteiger charge is 2.35. The summed E-state index contributed by atoms with van der Waals surface area (Å²) < 4.78 is 2.52. The predicted octanol–water partition coefficient (Wildman–Crippen LogP) is 29.1. The van der Waals surface area contributed by atoms with Crippen LogP contribution in [0.15, 0.2) is 120 Å². The van der Waals surface area contributed by atoms with Gasteiger partial charge in [-0.1, -0.05) is 230 Å². The minimum atomic E-state index is -0.146. The van der Waals surface area contributed by atoms with E-state index in [2.05, 4.69) is 98.1 Å². The molecule has 0 N–H and O–H groups in total. The van der Waals surface area contributed by atoms with E-state index in [0.717, 1.165) is 83.7 Å². The second-order valence-electron chi connectivity index (χ2n) is 27.2. The first-order valence-electron chi connectivity index (χ1n) is 37.4. The second kappa shape index (κ2) is 37.0. The van der Waals surface area contributed by atoms with Gasteiger partial charge in [-0.3, -0.25) is 9.59 Å². The van der Waals surface area contributed by atoms with Crippen LogP contribution in [0.3, 0.4) is 0 Å². The number of nitrogens with zero attached hydrogens (tertiary/aromatic N) is 4. The van der Waals surface area contributed by atoms with Gasteiger partial charge in [0.05, 0.1) is 25.3 Å². The Hall–Kier alpha value is -7.36. The zero-order valence-electron chi connectivity index (χ0n) is 59.1. The quantitative estimate of drug-likeness (QED) is 0.0167. The van der Waals surface area contributed by atoms with Gasteiger partial charge in [0.15, 0.2) is 11.6 Å². The summed E-state index contributed by atoms with van der Waals surface area (Å²) in [6.45, 7) is 25.3. The number of benzene rings is 3. The van der Waals surface area contributed by atoms with E-state index in [1.54, 1.807) is 22.7 Å². The lowest BCUT2D eigenvalue weighted by molar-refractivity contribution is 0.103. The van der Waals surface area contributed by atoms with Gasteiger partial charge in [-0.2, -0.15) is 0 Å². The number of ketones is 2. The summed E-state index contributed by atoms with van der Waals surface area (Å²) in [5.41, 5.74) is 8.86. The number of unbranched alkanes of at least 4 members (excludes halogenated alkanes) is 24. The Bertz CT molecular complexity index is 4300. The number of carbonyl (C=O) groups excluding carboxylic acids is 2. The predicted molar refractivity (Wildman–Crippen MR) is 433 cm³/mol. The van der Waals surface area contributed by atoms with Crippen LogP contribution in [0.25, 0.3) is 93.6 Å². The zero-order chi connectivity index (χ0) is 69.7. The molecule has 11 rings (SSSR count). The SMILES string of the molecule is [C-]#[N+]/C(C#N)=C1\C(=Cc2sc(-c3cc4c(-c5ccc(CCCCCC)s5)c5sc(-c6cc(CCCCCCCCCCCC)c(C=C7C(=O)c8ccccc8/C7=C(/C#N)[N+]#[C-])s6)cc5c(-c5ccc(CCCCCC)s5)c4s3)cc2CCCCCCCCCCCC)C(=O)c2ccccc21. The topological polar surface area (TPSA) is 90.4 Å². The Labute approximate surface area is 619 Å². The third-order valence-corrected chi connectivity index (χ3v) is 27.2. The first-order chi connectivity index (χ1) is 49.1. The Balaban J connectivity index is 1.07. The van der Waals surface area contributed by atoms with Crippen LogP contribution in [0.5, 0.6) is 0 Å². The van der Waals surface area contributed by atoms with Gasteiger partial charge in [0, 0.05) is 113 Å². The van der Waals surface area contributed by atoms with Crippen molar-refractivity contribution in [2.45, 2.75) is 233 Å². The second-order valence-corrected chi connectivity index (χ2v) is 33.8. The van der Waals surface area contributed by atoms with Gasteiger partial charge in [-0.05, 0) is 134 Å². The van der Waals surface area contributed by atoms with Crippen molar-refractivity contribution < 1.29 is 9.59 Å². The molecule has 6 aromatic heterocycles. The summed E-state index contributed by atoms with van der Waals surface area (Å²) in [6, 6.07) is 38.4. The van der Waals surface area contributed by atoms with Crippen LogP contribution >= 0.6 is 68.0 Å². The Kier molecular flexibility index (Phi) is 27.3. The lowest BCUT2D eigenvalue weighted by atomic mass is 9.99. The zero-order valence-corrected chi connectivity index (χ0v) is 64.0. The van der Waals surface area contributed by atoms with Crippen molar-refractivity contribution in [1.82, 2.24) is 0 Å². The number of rotatable bonds is 38. The van der Waals surface area contributed by atoms with E-state index in [1.807, 2.05) is 106 Å². The largest absolute Gasteiger partial charge is 0.289 e. The molecule has 3 aromatic carbocycles. The smallest absolute Gasteiger partial charge is 0.270 e. The number of fused-ring (bicyclic) bond motifs is 4. The molecule has 0 saturated carbocycles. The van der Waals surface area contributed by atoms with Crippen LogP contribution in [-0.4, -0.2) is 11.6 Å². The average molecular weight is 1430 g/mol.